The van der Waals surface area contributed by atoms with Crippen LogP contribution in [-0.4, -0.2) is 42.4 Å². The summed E-state index contributed by atoms with van der Waals surface area (Å²) in [5.41, 5.74) is 0.958. The molecule has 1 fully saturated rings. The number of nitrogens with one attached hydrogen (secondary N) is 1. The van der Waals surface area contributed by atoms with Gasteiger partial charge in [-0.3, -0.25) is 14.7 Å². The summed E-state index contributed by atoms with van der Waals surface area (Å²) >= 11 is 1.38. The van der Waals surface area contributed by atoms with Crippen molar-refractivity contribution >= 4 is 28.3 Å². The molecular formula is C16H14F3N3O3S. The number of aromatic nitrogens is 1. The quantitative estimate of drug-likeness (QED) is 0.858. The van der Waals surface area contributed by atoms with Crippen LogP contribution in [0.5, 0.6) is 0 Å². The van der Waals surface area contributed by atoms with Gasteiger partial charge < -0.3 is 10.1 Å². The Bertz CT molecular complexity index is 795. The average molecular weight is 385 g/mol. The molecule has 0 unspecified atom stereocenters. The smallest absolute Gasteiger partial charge is 0.415 e. The third-order valence-electron chi connectivity index (χ3n) is 3.58. The fourth-order valence-electron chi connectivity index (χ4n) is 2.42. The molecule has 1 aliphatic heterocycles. The van der Waals surface area contributed by atoms with Crippen LogP contribution < -0.4 is 10.2 Å². The van der Waals surface area contributed by atoms with Crippen molar-refractivity contribution < 1.29 is 27.5 Å². The number of rotatable bonds is 5. The largest absolute Gasteiger partial charge is 0.442 e. The number of cyclic esters (lactones) is 1. The Hall–Kier alpha value is -2.62. The van der Waals surface area contributed by atoms with Crippen molar-refractivity contribution in [3.63, 3.8) is 0 Å². The third-order valence-corrected chi connectivity index (χ3v) is 4.74. The Morgan fingerprint density at radius 1 is 1.31 bits per heavy atom. The summed E-state index contributed by atoms with van der Waals surface area (Å²) in [7, 11) is 0. The minimum Gasteiger partial charge on any atom is -0.442 e. The summed E-state index contributed by atoms with van der Waals surface area (Å²) in [6, 6.07) is 7.32. The van der Waals surface area contributed by atoms with Crippen molar-refractivity contribution in [1.29, 1.82) is 0 Å². The fourth-order valence-corrected chi connectivity index (χ4v) is 3.43. The molecule has 1 saturated heterocycles. The highest BCUT2D eigenvalue weighted by Crippen LogP contribution is 2.35. The number of pyridine rings is 1. The van der Waals surface area contributed by atoms with Crippen LogP contribution in [-0.2, 0) is 9.53 Å². The zero-order chi connectivity index (χ0) is 18.7. The number of ether oxygens (including phenoxy) is 1. The van der Waals surface area contributed by atoms with Gasteiger partial charge in [0, 0.05) is 17.3 Å². The maximum Gasteiger partial charge on any atom is 0.415 e. The van der Waals surface area contributed by atoms with Gasteiger partial charge in [0.15, 0.2) is 0 Å². The predicted molar refractivity (Wildman–Crippen MR) is 88.8 cm³/mol. The van der Waals surface area contributed by atoms with Crippen LogP contribution >= 0.6 is 11.3 Å². The molecule has 2 aromatic heterocycles. The molecule has 1 atom stereocenters. The molecule has 2 aromatic rings. The van der Waals surface area contributed by atoms with E-state index in [4.69, 9.17) is 4.74 Å². The molecule has 3 heterocycles. The van der Waals surface area contributed by atoms with E-state index in [1.54, 1.807) is 18.5 Å². The van der Waals surface area contributed by atoms with Crippen molar-refractivity contribution in [1.82, 2.24) is 10.3 Å². The maximum atomic E-state index is 12.1. The minimum atomic E-state index is -4.57. The highest BCUT2D eigenvalue weighted by molar-refractivity contribution is 7.19. The van der Waals surface area contributed by atoms with Crippen LogP contribution in [0.25, 0.3) is 10.4 Å². The lowest BCUT2D eigenvalue weighted by Crippen LogP contribution is -2.36. The van der Waals surface area contributed by atoms with Gasteiger partial charge >= 0.3 is 12.3 Å². The molecule has 0 aromatic carbocycles. The van der Waals surface area contributed by atoms with Gasteiger partial charge in [0.05, 0.1) is 13.1 Å². The number of halogens is 3. The van der Waals surface area contributed by atoms with Crippen molar-refractivity contribution in [2.24, 2.45) is 0 Å². The van der Waals surface area contributed by atoms with E-state index in [2.05, 4.69) is 10.3 Å². The number of thiophene rings is 1. The van der Waals surface area contributed by atoms with E-state index < -0.39 is 30.7 Å². The third kappa shape index (κ3) is 4.51. The molecule has 26 heavy (non-hydrogen) atoms. The topological polar surface area (TPSA) is 71.5 Å². The van der Waals surface area contributed by atoms with Gasteiger partial charge in [0.25, 0.3) is 0 Å². The molecule has 2 amide bonds. The van der Waals surface area contributed by atoms with E-state index in [-0.39, 0.29) is 13.1 Å². The lowest BCUT2D eigenvalue weighted by molar-refractivity contribution is -0.154. The van der Waals surface area contributed by atoms with Crippen LogP contribution in [0.1, 0.15) is 6.42 Å². The summed E-state index contributed by atoms with van der Waals surface area (Å²) < 4.78 is 41.5. The van der Waals surface area contributed by atoms with Gasteiger partial charge in [-0.2, -0.15) is 13.2 Å². The highest BCUT2D eigenvalue weighted by atomic mass is 32.1. The second-order valence-corrected chi connectivity index (χ2v) is 6.65. The fraction of sp³-hybridized carbons (Fsp3) is 0.312. The van der Waals surface area contributed by atoms with Gasteiger partial charge in [-0.15, -0.1) is 11.3 Å². The SMILES string of the molecule is O=C(CC(F)(F)F)NC[C@H]1CN(c2ccc(-c3ccncc3)s2)C(=O)O1. The number of carbonyl (C=O) groups is 2. The number of hydrogen-bond acceptors (Lipinski definition) is 5. The first-order chi connectivity index (χ1) is 12.3. The maximum absolute atomic E-state index is 12.1. The van der Waals surface area contributed by atoms with E-state index in [1.165, 1.54) is 16.2 Å². The summed E-state index contributed by atoms with van der Waals surface area (Å²) in [5, 5.41) is 2.80. The van der Waals surface area contributed by atoms with E-state index in [0.717, 1.165) is 10.4 Å². The van der Waals surface area contributed by atoms with Crippen molar-refractivity contribution in [2.75, 3.05) is 18.0 Å². The van der Waals surface area contributed by atoms with E-state index in [0.29, 0.717) is 5.00 Å². The van der Waals surface area contributed by atoms with Crippen LogP contribution in [0.15, 0.2) is 36.7 Å². The molecule has 0 bridgehead atoms. The molecule has 0 spiro atoms. The number of carbonyl (C=O) groups excluding carboxylic acids is 2. The van der Waals surface area contributed by atoms with Gasteiger partial charge in [-0.1, -0.05) is 0 Å². The second-order valence-electron chi connectivity index (χ2n) is 5.59. The van der Waals surface area contributed by atoms with Crippen molar-refractivity contribution in [3.05, 3.63) is 36.7 Å². The first-order valence-electron chi connectivity index (χ1n) is 7.63. The Balaban J connectivity index is 1.58. The Kier molecular flexibility index (Phi) is 5.12. The molecule has 0 aliphatic carbocycles. The highest BCUT2D eigenvalue weighted by Gasteiger charge is 2.35. The molecule has 138 valence electrons. The molecule has 1 N–H and O–H groups in total. The number of alkyl halides is 3. The molecule has 10 heteroatoms. The zero-order valence-electron chi connectivity index (χ0n) is 13.3. The standard InChI is InChI=1S/C16H14F3N3O3S/c17-16(18,19)7-13(23)21-8-11-9-22(15(24)25-11)14-2-1-12(26-14)10-3-5-20-6-4-10/h1-6,11H,7-9H2,(H,21,23)/t11-/m0/s1. The van der Waals surface area contributed by atoms with E-state index >= 15 is 0 Å². The number of hydrogen-bond donors (Lipinski definition) is 1. The average Bonchev–Trinajstić information content (AvgIpc) is 3.19. The van der Waals surface area contributed by atoms with Crippen LogP contribution in [0, 0.1) is 0 Å². The first kappa shape index (κ1) is 18.2. The van der Waals surface area contributed by atoms with E-state index in [9.17, 15) is 22.8 Å². The van der Waals surface area contributed by atoms with Crippen LogP contribution in [0.3, 0.4) is 0 Å². The normalized spacial score (nSPS) is 17.3. The predicted octanol–water partition coefficient (Wildman–Crippen LogP) is 3.20. The summed E-state index contributed by atoms with van der Waals surface area (Å²) in [5.74, 6) is -1.15. The van der Waals surface area contributed by atoms with Crippen molar-refractivity contribution in [3.8, 4) is 10.4 Å². The van der Waals surface area contributed by atoms with Crippen LogP contribution in [0.4, 0.5) is 23.0 Å². The number of amides is 2. The monoisotopic (exact) mass is 385 g/mol. The van der Waals surface area contributed by atoms with Gasteiger partial charge in [0.1, 0.15) is 17.5 Å². The molecule has 0 saturated carbocycles. The zero-order valence-corrected chi connectivity index (χ0v) is 14.1. The molecule has 1 aliphatic rings. The Morgan fingerprint density at radius 2 is 2.04 bits per heavy atom. The lowest BCUT2D eigenvalue weighted by atomic mass is 10.2. The summed E-state index contributed by atoms with van der Waals surface area (Å²) in [6.07, 6.45) is -4.09. The molecule has 0 radical (unpaired) electrons. The lowest BCUT2D eigenvalue weighted by Gasteiger charge is -2.11. The number of nitrogens with zero attached hydrogens (tertiary/aromatic N) is 2. The molecule has 3 rings (SSSR count). The first-order valence-corrected chi connectivity index (χ1v) is 8.45. The van der Waals surface area contributed by atoms with Gasteiger partial charge in [0.2, 0.25) is 5.91 Å². The van der Waals surface area contributed by atoms with Crippen LogP contribution in [0.2, 0.25) is 0 Å². The van der Waals surface area contributed by atoms with Gasteiger partial charge in [-0.25, -0.2) is 4.79 Å². The number of anilines is 1. The second kappa shape index (κ2) is 7.32. The molecular weight excluding hydrogens is 371 g/mol. The minimum absolute atomic E-state index is 0.154. The summed E-state index contributed by atoms with van der Waals surface area (Å²) in [6.45, 7) is -0.0127. The Labute approximate surface area is 150 Å². The molecule has 6 nitrogen and oxygen atoms in total. The van der Waals surface area contributed by atoms with Gasteiger partial charge in [-0.05, 0) is 29.8 Å². The van der Waals surface area contributed by atoms with Crippen molar-refractivity contribution in [2.45, 2.75) is 18.7 Å². The summed E-state index contributed by atoms with van der Waals surface area (Å²) in [4.78, 5) is 29.5. The Morgan fingerprint density at radius 3 is 2.73 bits per heavy atom. The van der Waals surface area contributed by atoms with E-state index in [1.807, 2.05) is 18.2 Å².